The van der Waals surface area contributed by atoms with Crippen molar-refractivity contribution in [3.05, 3.63) is 33.8 Å². The average Bonchev–Trinajstić information content (AvgIpc) is 2.81. The maximum Gasteiger partial charge on any atom is 0.237 e. The highest BCUT2D eigenvalue weighted by molar-refractivity contribution is 6.42. The molecule has 1 heterocycles. The van der Waals surface area contributed by atoms with Crippen LogP contribution in [-0.4, -0.2) is 36.2 Å². The number of β-amino-alcohol motifs (C(OH)–C–C–N with tert-alkyl or cyclic N) is 1. The zero-order valence-electron chi connectivity index (χ0n) is 10.3. The summed E-state index contributed by atoms with van der Waals surface area (Å²) in [4.78, 5) is 11.8. The molecule has 0 radical (unpaired) electrons. The van der Waals surface area contributed by atoms with Gasteiger partial charge in [-0.25, -0.2) is 0 Å². The molecule has 2 rings (SSSR count). The molecule has 0 aromatic heterocycles. The summed E-state index contributed by atoms with van der Waals surface area (Å²) >= 11 is 12.0. The van der Waals surface area contributed by atoms with Crippen LogP contribution in [0.1, 0.15) is 12.0 Å². The van der Waals surface area contributed by atoms with Crippen molar-refractivity contribution < 1.29 is 9.90 Å². The molecule has 0 saturated carbocycles. The Morgan fingerprint density at radius 2 is 2.26 bits per heavy atom. The summed E-state index contributed by atoms with van der Waals surface area (Å²) in [5.74, 6) is -0.0882. The van der Waals surface area contributed by atoms with Crippen molar-refractivity contribution >= 4 is 29.1 Å². The molecule has 1 aromatic rings. The number of aliphatic hydroxyl groups excluding tert-OH is 1. The third kappa shape index (κ3) is 3.83. The Balaban J connectivity index is 1.80. The second kappa shape index (κ2) is 6.57. The maximum absolute atomic E-state index is 11.8. The van der Waals surface area contributed by atoms with Gasteiger partial charge in [-0.2, -0.15) is 0 Å². The van der Waals surface area contributed by atoms with Gasteiger partial charge in [-0.15, -0.1) is 0 Å². The lowest BCUT2D eigenvalue weighted by Gasteiger charge is -2.11. The standard InChI is InChI=1S/C13H16Cl2N2O2/c14-10-3-1-2-8(12(10)15)4-5-16-13(19)11-6-9(18)7-17-11/h1-3,9,11,17-18H,4-7H2,(H,16,19). The van der Waals surface area contributed by atoms with Gasteiger partial charge in [0.2, 0.25) is 5.91 Å². The summed E-state index contributed by atoms with van der Waals surface area (Å²) in [6, 6.07) is 5.15. The number of hydrogen-bond acceptors (Lipinski definition) is 3. The molecule has 1 aliphatic heterocycles. The first-order chi connectivity index (χ1) is 9.08. The molecule has 6 heteroatoms. The van der Waals surface area contributed by atoms with Gasteiger partial charge in [-0.05, 0) is 24.5 Å². The Bertz CT molecular complexity index is 468. The number of carbonyl (C=O) groups is 1. The van der Waals surface area contributed by atoms with Gasteiger partial charge in [0.1, 0.15) is 0 Å². The number of amides is 1. The van der Waals surface area contributed by atoms with Crippen LogP contribution < -0.4 is 10.6 Å². The van der Waals surface area contributed by atoms with Gasteiger partial charge in [0, 0.05) is 13.1 Å². The van der Waals surface area contributed by atoms with E-state index in [9.17, 15) is 9.90 Å². The summed E-state index contributed by atoms with van der Waals surface area (Å²) in [5, 5.41) is 16.2. The Morgan fingerprint density at radius 1 is 1.47 bits per heavy atom. The second-order valence-electron chi connectivity index (χ2n) is 4.60. The topological polar surface area (TPSA) is 61.4 Å². The van der Waals surface area contributed by atoms with E-state index in [1.54, 1.807) is 6.07 Å². The highest BCUT2D eigenvalue weighted by Gasteiger charge is 2.27. The summed E-state index contributed by atoms with van der Waals surface area (Å²) in [5.41, 5.74) is 0.911. The van der Waals surface area contributed by atoms with Crippen molar-refractivity contribution in [2.24, 2.45) is 0 Å². The van der Waals surface area contributed by atoms with Crippen molar-refractivity contribution in [3.8, 4) is 0 Å². The van der Waals surface area contributed by atoms with E-state index in [4.69, 9.17) is 23.2 Å². The lowest BCUT2D eigenvalue weighted by molar-refractivity contribution is -0.122. The van der Waals surface area contributed by atoms with Gasteiger partial charge in [0.05, 0.1) is 22.2 Å². The number of aliphatic hydroxyl groups is 1. The molecule has 2 atom stereocenters. The van der Waals surface area contributed by atoms with Gasteiger partial charge in [-0.1, -0.05) is 35.3 Å². The molecule has 1 fully saturated rings. The lowest BCUT2D eigenvalue weighted by Crippen LogP contribution is -2.41. The van der Waals surface area contributed by atoms with Crippen LogP contribution in [0.4, 0.5) is 0 Å². The van der Waals surface area contributed by atoms with Gasteiger partial charge in [0.25, 0.3) is 0 Å². The van der Waals surface area contributed by atoms with Crippen molar-refractivity contribution in [3.63, 3.8) is 0 Å². The molecular formula is C13H16Cl2N2O2. The fourth-order valence-corrected chi connectivity index (χ4v) is 2.52. The van der Waals surface area contributed by atoms with Crippen molar-refractivity contribution in [2.45, 2.75) is 25.0 Å². The number of nitrogens with one attached hydrogen (secondary N) is 2. The molecule has 19 heavy (non-hydrogen) atoms. The molecule has 0 aliphatic carbocycles. The highest BCUT2D eigenvalue weighted by Crippen LogP contribution is 2.25. The first-order valence-electron chi connectivity index (χ1n) is 6.20. The van der Waals surface area contributed by atoms with Crippen LogP contribution in [0.15, 0.2) is 18.2 Å². The number of carbonyl (C=O) groups excluding carboxylic acids is 1. The summed E-state index contributed by atoms with van der Waals surface area (Å²) in [6.07, 6.45) is 0.655. The minimum Gasteiger partial charge on any atom is -0.392 e. The zero-order valence-corrected chi connectivity index (χ0v) is 11.8. The average molecular weight is 303 g/mol. The van der Waals surface area contributed by atoms with E-state index < -0.39 is 6.10 Å². The number of benzene rings is 1. The molecule has 3 N–H and O–H groups in total. The van der Waals surface area contributed by atoms with Crippen molar-refractivity contribution in [1.29, 1.82) is 0 Å². The van der Waals surface area contributed by atoms with Crippen LogP contribution >= 0.6 is 23.2 Å². The molecule has 1 saturated heterocycles. The molecule has 2 unspecified atom stereocenters. The van der Waals surface area contributed by atoms with E-state index in [1.807, 2.05) is 12.1 Å². The zero-order chi connectivity index (χ0) is 13.8. The summed E-state index contributed by atoms with van der Waals surface area (Å²) in [6.45, 7) is 0.964. The SMILES string of the molecule is O=C(NCCc1cccc(Cl)c1Cl)C1CC(O)CN1. The normalized spacial score (nSPS) is 22.5. The third-order valence-electron chi connectivity index (χ3n) is 3.15. The van der Waals surface area contributed by atoms with E-state index in [-0.39, 0.29) is 11.9 Å². The molecule has 0 bridgehead atoms. The van der Waals surface area contributed by atoms with Crippen LogP contribution in [0, 0.1) is 0 Å². The molecule has 104 valence electrons. The number of rotatable bonds is 4. The van der Waals surface area contributed by atoms with Gasteiger partial charge < -0.3 is 15.7 Å². The van der Waals surface area contributed by atoms with Gasteiger partial charge in [-0.3, -0.25) is 4.79 Å². The van der Waals surface area contributed by atoms with E-state index in [0.29, 0.717) is 36.0 Å². The molecule has 1 aliphatic rings. The van der Waals surface area contributed by atoms with E-state index >= 15 is 0 Å². The largest absolute Gasteiger partial charge is 0.392 e. The fraction of sp³-hybridized carbons (Fsp3) is 0.462. The maximum atomic E-state index is 11.8. The van der Waals surface area contributed by atoms with E-state index in [0.717, 1.165) is 5.56 Å². The van der Waals surface area contributed by atoms with Crippen LogP contribution in [0.2, 0.25) is 10.0 Å². The first kappa shape index (κ1) is 14.6. The molecule has 1 aromatic carbocycles. The van der Waals surface area contributed by atoms with E-state index in [2.05, 4.69) is 10.6 Å². The monoisotopic (exact) mass is 302 g/mol. The van der Waals surface area contributed by atoms with Crippen LogP contribution in [0.25, 0.3) is 0 Å². The fourth-order valence-electron chi connectivity index (χ4n) is 2.10. The van der Waals surface area contributed by atoms with Crippen molar-refractivity contribution in [1.82, 2.24) is 10.6 Å². The van der Waals surface area contributed by atoms with Crippen LogP contribution in [0.5, 0.6) is 0 Å². The van der Waals surface area contributed by atoms with Crippen molar-refractivity contribution in [2.75, 3.05) is 13.1 Å². The molecule has 0 spiro atoms. The smallest absolute Gasteiger partial charge is 0.237 e. The Kier molecular flexibility index (Phi) is 5.05. The Labute approximate surface area is 122 Å². The molecule has 1 amide bonds. The predicted octanol–water partition coefficient (Wildman–Crippen LogP) is 1.37. The quantitative estimate of drug-likeness (QED) is 0.787. The molecular weight excluding hydrogens is 287 g/mol. The predicted molar refractivity (Wildman–Crippen MR) is 75.6 cm³/mol. The van der Waals surface area contributed by atoms with Crippen LogP contribution in [-0.2, 0) is 11.2 Å². The summed E-state index contributed by atoms with van der Waals surface area (Å²) in [7, 11) is 0. The minimum atomic E-state index is -0.432. The first-order valence-corrected chi connectivity index (χ1v) is 6.95. The van der Waals surface area contributed by atoms with Gasteiger partial charge in [0.15, 0.2) is 0 Å². The van der Waals surface area contributed by atoms with Gasteiger partial charge >= 0.3 is 0 Å². The Hall–Kier alpha value is -0.810. The number of hydrogen-bond donors (Lipinski definition) is 3. The highest BCUT2D eigenvalue weighted by atomic mass is 35.5. The van der Waals surface area contributed by atoms with Crippen LogP contribution in [0.3, 0.4) is 0 Å². The second-order valence-corrected chi connectivity index (χ2v) is 5.39. The number of halogens is 2. The minimum absolute atomic E-state index is 0.0882. The molecule has 4 nitrogen and oxygen atoms in total. The van der Waals surface area contributed by atoms with E-state index in [1.165, 1.54) is 0 Å². The summed E-state index contributed by atoms with van der Waals surface area (Å²) < 4.78 is 0. The lowest BCUT2D eigenvalue weighted by atomic mass is 10.1. The Morgan fingerprint density at radius 3 is 2.95 bits per heavy atom. The third-order valence-corrected chi connectivity index (χ3v) is 4.01.